The van der Waals surface area contributed by atoms with Gasteiger partial charge in [-0.15, -0.1) is 0 Å². The van der Waals surface area contributed by atoms with Gasteiger partial charge in [-0.2, -0.15) is 0 Å². The van der Waals surface area contributed by atoms with Crippen LogP contribution in [-0.4, -0.2) is 24.9 Å². The van der Waals surface area contributed by atoms with Crippen LogP contribution >= 0.6 is 11.6 Å². The topological polar surface area (TPSA) is 38.7 Å². The first-order valence-electron chi connectivity index (χ1n) is 5.42. The summed E-state index contributed by atoms with van der Waals surface area (Å²) in [5, 5.41) is 9.63. The first kappa shape index (κ1) is 11.6. The Kier molecular flexibility index (Phi) is 3.56. The molecule has 0 aliphatic carbocycles. The van der Waals surface area contributed by atoms with Crippen LogP contribution in [0.2, 0.25) is 5.02 Å². The first-order valence-corrected chi connectivity index (χ1v) is 5.80. The fourth-order valence-electron chi connectivity index (χ4n) is 1.89. The van der Waals surface area contributed by atoms with Crippen molar-refractivity contribution in [2.45, 2.75) is 19.8 Å². The minimum absolute atomic E-state index is 0.0835. The molecule has 1 aliphatic heterocycles. The van der Waals surface area contributed by atoms with Gasteiger partial charge in [0.2, 0.25) is 0 Å². The van der Waals surface area contributed by atoms with Crippen molar-refractivity contribution >= 4 is 11.6 Å². The Bertz CT molecular complexity index is 390. The lowest BCUT2D eigenvalue weighted by atomic mass is 10.0. The minimum atomic E-state index is 0.0835. The average Bonchev–Trinajstić information content (AvgIpc) is 2.49. The summed E-state index contributed by atoms with van der Waals surface area (Å²) in [5.74, 6) is 1.48. The second kappa shape index (κ2) is 4.93. The van der Waals surface area contributed by atoms with Crippen molar-refractivity contribution in [1.82, 2.24) is 0 Å². The van der Waals surface area contributed by atoms with Gasteiger partial charge >= 0.3 is 0 Å². The van der Waals surface area contributed by atoms with E-state index >= 15 is 0 Å². The van der Waals surface area contributed by atoms with E-state index in [0.29, 0.717) is 30.4 Å². The summed E-state index contributed by atoms with van der Waals surface area (Å²) in [4.78, 5) is 0. The molecule has 4 heteroatoms. The maximum absolute atomic E-state index is 9.00. The summed E-state index contributed by atoms with van der Waals surface area (Å²) in [7, 11) is 0. The average molecular weight is 243 g/mol. The number of halogens is 1. The van der Waals surface area contributed by atoms with Gasteiger partial charge in [-0.1, -0.05) is 11.6 Å². The molecule has 0 bridgehead atoms. The minimum Gasteiger partial charge on any atom is -0.489 e. The van der Waals surface area contributed by atoms with E-state index < -0.39 is 0 Å². The molecule has 3 nitrogen and oxygen atoms in total. The summed E-state index contributed by atoms with van der Waals surface area (Å²) >= 11 is 6.15. The highest BCUT2D eigenvalue weighted by Gasteiger charge is 2.18. The Morgan fingerprint density at radius 3 is 2.88 bits per heavy atom. The molecule has 88 valence electrons. The second-order valence-electron chi connectivity index (χ2n) is 3.81. The smallest absolute Gasteiger partial charge is 0.164 e. The molecule has 0 spiro atoms. The number of aliphatic hydroxyl groups excluding tert-OH is 1. The lowest BCUT2D eigenvalue weighted by Gasteiger charge is -2.15. The van der Waals surface area contributed by atoms with Crippen LogP contribution in [0.3, 0.4) is 0 Å². The third-order valence-corrected chi connectivity index (χ3v) is 3.05. The first-order chi connectivity index (χ1) is 7.74. The van der Waals surface area contributed by atoms with Crippen molar-refractivity contribution in [1.29, 1.82) is 0 Å². The van der Waals surface area contributed by atoms with Crippen LogP contribution in [0, 0.1) is 6.92 Å². The van der Waals surface area contributed by atoms with Crippen LogP contribution in [0.15, 0.2) is 6.07 Å². The molecule has 0 saturated heterocycles. The molecule has 0 saturated carbocycles. The molecule has 1 aromatic carbocycles. The highest BCUT2D eigenvalue weighted by atomic mass is 35.5. The van der Waals surface area contributed by atoms with Crippen LogP contribution in [0.5, 0.6) is 11.5 Å². The molecule has 0 fully saturated rings. The highest BCUT2D eigenvalue weighted by molar-refractivity contribution is 6.31. The quantitative estimate of drug-likeness (QED) is 0.865. The molecular formula is C12H15ClO3. The van der Waals surface area contributed by atoms with Gasteiger partial charge in [0.25, 0.3) is 0 Å². The van der Waals surface area contributed by atoms with E-state index in [2.05, 4.69) is 0 Å². The maximum Gasteiger partial charge on any atom is 0.164 e. The molecular weight excluding hydrogens is 228 g/mol. The number of aliphatic hydroxyl groups is 1. The maximum atomic E-state index is 9.00. The van der Waals surface area contributed by atoms with E-state index in [9.17, 15) is 0 Å². The summed E-state index contributed by atoms with van der Waals surface area (Å²) in [6, 6.07) is 1.78. The van der Waals surface area contributed by atoms with Crippen molar-refractivity contribution < 1.29 is 14.6 Å². The second-order valence-corrected chi connectivity index (χ2v) is 4.22. The van der Waals surface area contributed by atoms with Gasteiger partial charge in [0.15, 0.2) is 11.5 Å². The molecule has 16 heavy (non-hydrogen) atoms. The van der Waals surface area contributed by atoms with Crippen LogP contribution in [0.4, 0.5) is 0 Å². The van der Waals surface area contributed by atoms with Gasteiger partial charge in [-0.05, 0) is 24.5 Å². The van der Waals surface area contributed by atoms with E-state index in [1.54, 1.807) is 6.07 Å². The Labute approximate surface area is 99.9 Å². The zero-order valence-corrected chi connectivity index (χ0v) is 10.0. The van der Waals surface area contributed by atoms with E-state index in [4.69, 9.17) is 26.2 Å². The molecule has 0 radical (unpaired) electrons. The number of benzene rings is 1. The predicted octanol–water partition coefficient (Wildman–Crippen LogP) is 2.34. The zero-order chi connectivity index (χ0) is 11.5. The van der Waals surface area contributed by atoms with Gasteiger partial charge < -0.3 is 14.6 Å². The fraction of sp³-hybridized carbons (Fsp3) is 0.500. The van der Waals surface area contributed by atoms with Gasteiger partial charge in [0, 0.05) is 24.1 Å². The van der Waals surface area contributed by atoms with Gasteiger partial charge in [-0.25, -0.2) is 0 Å². The van der Waals surface area contributed by atoms with Crippen molar-refractivity contribution in [2.24, 2.45) is 0 Å². The van der Waals surface area contributed by atoms with Gasteiger partial charge in [-0.3, -0.25) is 0 Å². The summed E-state index contributed by atoms with van der Waals surface area (Å²) in [6.45, 7) is 3.35. The van der Waals surface area contributed by atoms with Crippen LogP contribution in [0.1, 0.15) is 17.5 Å². The van der Waals surface area contributed by atoms with E-state index in [0.717, 1.165) is 23.3 Å². The van der Waals surface area contributed by atoms with Crippen LogP contribution in [-0.2, 0) is 6.42 Å². The van der Waals surface area contributed by atoms with E-state index in [1.807, 2.05) is 6.92 Å². The van der Waals surface area contributed by atoms with Gasteiger partial charge in [0.05, 0.1) is 13.2 Å². The standard InChI is InChI=1S/C12H15ClO3/c1-8-9(3-4-14)10(13)7-11-12(8)16-6-2-5-15-11/h7,14H,2-6H2,1H3. The Morgan fingerprint density at radius 1 is 1.38 bits per heavy atom. The summed E-state index contributed by atoms with van der Waals surface area (Å²) < 4.78 is 11.2. The monoisotopic (exact) mass is 242 g/mol. The molecule has 1 aromatic rings. The van der Waals surface area contributed by atoms with E-state index in [-0.39, 0.29) is 6.61 Å². The number of fused-ring (bicyclic) bond motifs is 1. The summed E-state index contributed by atoms with van der Waals surface area (Å²) in [5.41, 5.74) is 1.91. The Morgan fingerprint density at radius 2 is 2.12 bits per heavy atom. The molecule has 0 aromatic heterocycles. The number of ether oxygens (including phenoxy) is 2. The lowest BCUT2D eigenvalue weighted by Crippen LogP contribution is -2.01. The zero-order valence-electron chi connectivity index (χ0n) is 9.25. The molecule has 2 rings (SSSR count). The van der Waals surface area contributed by atoms with Gasteiger partial charge in [0.1, 0.15) is 0 Å². The van der Waals surface area contributed by atoms with Crippen LogP contribution < -0.4 is 9.47 Å². The normalized spacial score (nSPS) is 14.7. The van der Waals surface area contributed by atoms with Crippen molar-refractivity contribution in [3.8, 4) is 11.5 Å². The Balaban J connectivity index is 2.47. The van der Waals surface area contributed by atoms with Crippen molar-refractivity contribution in [3.63, 3.8) is 0 Å². The SMILES string of the molecule is Cc1c(CCO)c(Cl)cc2c1OCCCO2. The number of rotatable bonds is 2. The fourth-order valence-corrected chi connectivity index (χ4v) is 2.22. The molecule has 1 aliphatic rings. The predicted molar refractivity (Wildman–Crippen MR) is 62.6 cm³/mol. The van der Waals surface area contributed by atoms with Crippen molar-refractivity contribution in [2.75, 3.05) is 19.8 Å². The number of hydrogen-bond donors (Lipinski definition) is 1. The largest absolute Gasteiger partial charge is 0.489 e. The summed E-state index contributed by atoms with van der Waals surface area (Å²) in [6.07, 6.45) is 1.42. The third-order valence-electron chi connectivity index (χ3n) is 2.72. The highest BCUT2D eigenvalue weighted by Crippen LogP contribution is 2.39. The molecule has 1 N–H and O–H groups in total. The molecule has 1 heterocycles. The third kappa shape index (κ3) is 2.11. The van der Waals surface area contributed by atoms with Crippen molar-refractivity contribution in [3.05, 3.63) is 22.2 Å². The van der Waals surface area contributed by atoms with E-state index in [1.165, 1.54) is 0 Å². The molecule has 0 unspecified atom stereocenters. The van der Waals surface area contributed by atoms with Crippen LogP contribution in [0.25, 0.3) is 0 Å². The lowest BCUT2D eigenvalue weighted by molar-refractivity contribution is 0.295. The number of hydrogen-bond acceptors (Lipinski definition) is 3. The Hall–Kier alpha value is -0.930. The molecule has 0 atom stereocenters. The molecule has 0 amide bonds.